The largest absolute Gasteiger partial charge is 0.338 e. The summed E-state index contributed by atoms with van der Waals surface area (Å²) in [6, 6.07) is 20.2. The molecule has 0 fully saturated rings. The highest BCUT2D eigenvalue weighted by Gasteiger charge is 2.21. The van der Waals surface area contributed by atoms with Gasteiger partial charge in [-0.05, 0) is 50.2 Å². The number of nitrogens with one attached hydrogen (secondary N) is 1. The zero-order valence-electron chi connectivity index (χ0n) is 16.8. The second-order valence-corrected chi connectivity index (χ2v) is 7.07. The van der Waals surface area contributed by atoms with Gasteiger partial charge in [0.1, 0.15) is 0 Å². The molecule has 0 bridgehead atoms. The molecule has 3 aromatic rings. The molecule has 1 amide bonds. The summed E-state index contributed by atoms with van der Waals surface area (Å²) in [6.45, 7) is 0.865. The summed E-state index contributed by atoms with van der Waals surface area (Å²) in [5, 5.41) is 7.43. The predicted octanol–water partition coefficient (Wildman–Crippen LogP) is 3.38. The zero-order chi connectivity index (χ0) is 19.9. The SMILES string of the molecule is CNCC[C@H](Cc1ccccc1)N(C)C(=O)c1cccc(-c2ccnn2C)c1. The second-order valence-electron chi connectivity index (χ2n) is 7.07. The van der Waals surface area contributed by atoms with Crippen LogP contribution in [0.15, 0.2) is 66.9 Å². The van der Waals surface area contributed by atoms with Gasteiger partial charge in [-0.2, -0.15) is 5.10 Å². The Balaban J connectivity index is 1.81. The van der Waals surface area contributed by atoms with Crippen molar-refractivity contribution in [2.75, 3.05) is 20.6 Å². The first kappa shape index (κ1) is 19.8. The highest BCUT2D eigenvalue weighted by Crippen LogP contribution is 2.21. The summed E-state index contributed by atoms with van der Waals surface area (Å²) in [5.74, 6) is 0.0426. The van der Waals surface area contributed by atoms with Gasteiger partial charge in [-0.3, -0.25) is 9.48 Å². The predicted molar refractivity (Wildman–Crippen MR) is 113 cm³/mol. The molecular formula is C23H28N4O. The second kappa shape index (κ2) is 9.33. The maximum atomic E-state index is 13.2. The number of nitrogens with zero attached hydrogens (tertiary/aromatic N) is 3. The summed E-state index contributed by atoms with van der Waals surface area (Å²) < 4.78 is 1.82. The molecule has 1 aromatic heterocycles. The Bertz CT molecular complexity index is 904. The number of hydrogen-bond acceptors (Lipinski definition) is 3. The minimum absolute atomic E-state index is 0.0426. The van der Waals surface area contributed by atoms with Crippen molar-refractivity contribution in [3.8, 4) is 11.3 Å². The quantitative estimate of drug-likeness (QED) is 0.656. The highest BCUT2D eigenvalue weighted by molar-refractivity contribution is 5.95. The molecule has 0 spiro atoms. The Hall–Kier alpha value is -2.92. The molecule has 0 unspecified atom stereocenters. The van der Waals surface area contributed by atoms with Gasteiger partial charge in [0.15, 0.2) is 0 Å². The van der Waals surface area contributed by atoms with Gasteiger partial charge < -0.3 is 10.2 Å². The van der Waals surface area contributed by atoms with Crippen LogP contribution >= 0.6 is 0 Å². The number of carbonyl (C=O) groups is 1. The molecule has 0 saturated heterocycles. The normalized spacial score (nSPS) is 12.0. The molecule has 2 aromatic carbocycles. The first-order valence-electron chi connectivity index (χ1n) is 9.64. The van der Waals surface area contributed by atoms with Crippen LogP contribution in [-0.4, -0.2) is 47.3 Å². The van der Waals surface area contributed by atoms with Gasteiger partial charge in [0.25, 0.3) is 5.91 Å². The first-order chi connectivity index (χ1) is 13.6. The number of hydrogen-bond donors (Lipinski definition) is 1. The number of rotatable bonds is 8. The van der Waals surface area contributed by atoms with Gasteiger partial charge in [-0.1, -0.05) is 42.5 Å². The smallest absolute Gasteiger partial charge is 0.253 e. The number of likely N-dealkylation sites (N-methyl/N-ethyl adjacent to an activating group) is 1. The van der Waals surface area contributed by atoms with Gasteiger partial charge in [-0.25, -0.2) is 0 Å². The molecule has 3 rings (SSSR count). The summed E-state index contributed by atoms with van der Waals surface area (Å²) in [4.78, 5) is 15.1. The van der Waals surface area contributed by atoms with Crippen LogP contribution in [0.5, 0.6) is 0 Å². The van der Waals surface area contributed by atoms with E-state index in [4.69, 9.17) is 0 Å². The van der Waals surface area contributed by atoms with Crippen molar-refractivity contribution in [2.24, 2.45) is 7.05 Å². The van der Waals surface area contributed by atoms with Crippen LogP contribution in [-0.2, 0) is 13.5 Å². The third-order valence-electron chi connectivity index (χ3n) is 5.14. The first-order valence-corrected chi connectivity index (χ1v) is 9.64. The molecule has 0 aliphatic carbocycles. The van der Waals surface area contributed by atoms with Crippen molar-refractivity contribution in [2.45, 2.75) is 18.9 Å². The van der Waals surface area contributed by atoms with Crippen molar-refractivity contribution < 1.29 is 4.79 Å². The van der Waals surface area contributed by atoms with Crippen LogP contribution in [0.4, 0.5) is 0 Å². The van der Waals surface area contributed by atoms with E-state index in [1.807, 2.05) is 79.3 Å². The number of aryl methyl sites for hydroxylation is 1. The van der Waals surface area contributed by atoms with Crippen molar-refractivity contribution in [1.82, 2.24) is 20.0 Å². The lowest BCUT2D eigenvalue weighted by molar-refractivity contribution is 0.0724. The van der Waals surface area contributed by atoms with Crippen molar-refractivity contribution in [3.05, 3.63) is 78.0 Å². The van der Waals surface area contributed by atoms with Crippen LogP contribution in [0.25, 0.3) is 11.3 Å². The number of amides is 1. The average Bonchev–Trinajstić information content (AvgIpc) is 3.16. The van der Waals surface area contributed by atoms with E-state index in [2.05, 4.69) is 22.5 Å². The molecular weight excluding hydrogens is 348 g/mol. The van der Waals surface area contributed by atoms with E-state index in [0.29, 0.717) is 5.56 Å². The van der Waals surface area contributed by atoms with Gasteiger partial charge in [0.2, 0.25) is 0 Å². The van der Waals surface area contributed by atoms with E-state index in [1.165, 1.54) is 5.56 Å². The van der Waals surface area contributed by atoms with E-state index in [-0.39, 0.29) is 11.9 Å². The van der Waals surface area contributed by atoms with Crippen molar-refractivity contribution in [3.63, 3.8) is 0 Å². The fraction of sp³-hybridized carbons (Fsp3) is 0.304. The molecule has 0 radical (unpaired) electrons. The van der Waals surface area contributed by atoms with Gasteiger partial charge >= 0.3 is 0 Å². The Morgan fingerprint density at radius 2 is 1.93 bits per heavy atom. The minimum atomic E-state index is 0.0426. The Morgan fingerprint density at radius 3 is 2.61 bits per heavy atom. The summed E-state index contributed by atoms with van der Waals surface area (Å²) >= 11 is 0. The lowest BCUT2D eigenvalue weighted by atomic mass is 10.0. The van der Waals surface area contributed by atoms with Crippen LogP contribution in [0.1, 0.15) is 22.3 Å². The standard InChI is InChI=1S/C23H28N4O/c1-24-14-12-21(16-18-8-5-4-6-9-18)26(2)23(28)20-11-7-10-19(17-20)22-13-15-25-27(22)3/h4-11,13,15,17,21,24H,12,14,16H2,1-3H3/t21-/m1/s1. The lowest BCUT2D eigenvalue weighted by Gasteiger charge is -2.29. The molecule has 1 N–H and O–H groups in total. The Labute approximate surface area is 167 Å². The summed E-state index contributed by atoms with van der Waals surface area (Å²) in [5.41, 5.74) is 3.93. The van der Waals surface area contributed by atoms with E-state index in [0.717, 1.165) is 30.6 Å². The monoisotopic (exact) mass is 376 g/mol. The van der Waals surface area contributed by atoms with Crippen LogP contribution in [0, 0.1) is 0 Å². The molecule has 0 saturated carbocycles. The molecule has 146 valence electrons. The zero-order valence-corrected chi connectivity index (χ0v) is 16.8. The Kier molecular flexibility index (Phi) is 6.61. The number of aromatic nitrogens is 2. The van der Waals surface area contributed by atoms with E-state index < -0.39 is 0 Å². The molecule has 0 aliphatic heterocycles. The van der Waals surface area contributed by atoms with Crippen LogP contribution < -0.4 is 5.32 Å². The molecule has 0 aliphatic rings. The fourth-order valence-corrected chi connectivity index (χ4v) is 3.47. The van der Waals surface area contributed by atoms with E-state index in [1.54, 1.807) is 6.20 Å². The third kappa shape index (κ3) is 4.67. The van der Waals surface area contributed by atoms with Crippen molar-refractivity contribution >= 4 is 5.91 Å². The van der Waals surface area contributed by atoms with Gasteiger partial charge in [-0.15, -0.1) is 0 Å². The molecule has 1 atom stereocenters. The van der Waals surface area contributed by atoms with E-state index in [9.17, 15) is 4.79 Å². The van der Waals surface area contributed by atoms with Crippen LogP contribution in [0.2, 0.25) is 0 Å². The summed E-state index contributed by atoms with van der Waals surface area (Å²) in [6.07, 6.45) is 3.50. The lowest BCUT2D eigenvalue weighted by Crippen LogP contribution is -2.40. The van der Waals surface area contributed by atoms with Crippen molar-refractivity contribution in [1.29, 1.82) is 0 Å². The van der Waals surface area contributed by atoms with Gasteiger partial charge in [0, 0.05) is 37.5 Å². The summed E-state index contributed by atoms with van der Waals surface area (Å²) in [7, 11) is 5.75. The topological polar surface area (TPSA) is 50.2 Å². The van der Waals surface area contributed by atoms with Crippen LogP contribution in [0.3, 0.4) is 0 Å². The maximum Gasteiger partial charge on any atom is 0.253 e. The molecule has 5 heteroatoms. The molecule has 5 nitrogen and oxygen atoms in total. The third-order valence-corrected chi connectivity index (χ3v) is 5.14. The number of benzene rings is 2. The maximum absolute atomic E-state index is 13.2. The van der Waals surface area contributed by atoms with E-state index >= 15 is 0 Å². The average molecular weight is 377 g/mol. The minimum Gasteiger partial charge on any atom is -0.338 e. The fourth-order valence-electron chi connectivity index (χ4n) is 3.47. The Morgan fingerprint density at radius 1 is 1.14 bits per heavy atom. The molecule has 1 heterocycles. The van der Waals surface area contributed by atoms with Gasteiger partial charge in [0.05, 0.1) is 5.69 Å². The molecule has 28 heavy (non-hydrogen) atoms. The highest BCUT2D eigenvalue weighted by atomic mass is 16.2. The number of carbonyl (C=O) groups excluding carboxylic acids is 1.